The molecule has 0 saturated heterocycles. The van der Waals surface area contributed by atoms with Crippen LogP contribution in [0.1, 0.15) is 39.5 Å². The number of aromatic nitrogens is 1. The van der Waals surface area contributed by atoms with Crippen LogP contribution in [0, 0.1) is 5.92 Å². The molecule has 1 aliphatic carbocycles. The topological polar surface area (TPSA) is 71.1 Å². The van der Waals surface area contributed by atoms with Crippen molar-refractivity contribution < 1.29 is 8.42 Å². The average molecular weight is 368 g/mol. The lowest BCUT2D eigenvalue weighted by molar-refractivity contribution is 0.323. The summed E-state index contributed by atoms with van der Waals surface area (Å²) >= 11 is 1.68. The van der Waals surface area contributed by atoms with Crippen LogP contribution in [0.15, 0.2) is 24.3 Å². The number of nitrogens with one attached hydrogen (secondary N) is 2. The van der Waals surface area contributed by atoms with Crippen LogP contribution in [0.5, 0.6) is 0 Å². The maximum Gasteiger partial charge on any atom is 0.214 e. The van der Waals surface area contributed by atoms with Crippen molar-refractivity contribution in [1.29, 1.82) is 0 Å². The number of sulfonamides is 1. The highest BCUT2D eigenvalue weighted by Gasteiger charge is 2.26. The Kier molecular flexibility index (Phi) is 5.42. The molecule has 1 aromatic carbocycles. The fourth-order valence-corrected chi connectivity index (χ4v) is 4.88. The van der Waals surface area contributed by atoms with E-state index in [0.29, 0.717) is 5.92 Å². The molecule has 0 bridgehead atoms. The first-order valence-corrected chi connectivity index (χ1v) is 10.9. The van der Waals surface area contributed by atoms with Gasteiger partial charge in [0.25, 0.3) is 0 Å². The Labute approximate surface area is 147 Å². The molecule has 1 aromatic heterocycles. The van der Waals surface area contributed by atoms with Gasteiger partial charge in [0.05, 0.1) is 15.5 Å². The number of rotatable bonds is 6. The molecule has 2 aromatic rings. The molecule has 0 amide bonds. The summed E-state index contributed by atoms with van der Waals surface area (Å²) in [7, 11) is -3.16. The van der Waals surface area contributed by atoms with Crippen LogP contribution in [0.2, 0.25) is 0 Å². The Balaban J connectivity index is 1.47. The van der Waals surface area contributed by atoms with E-state index in [2.05, 4.69) is 21.1 Å². The van der Waals surface area contributed by atoms with E-state index in [-0.39, 0.29) is 11.3 Å². The summed E-state index contributed by atoms with van der Waals surface area (Å²) in [6.07, 6.45) is 3.92. The van der Waals surface area contributed by atoms with E-state index in [9.17, 15) is 8.42 Å². The zero-order valence-corrected chi connectivity index (χ0v) is 15.8. The van der Waals surface area contributed by atoms with Crippen LogP contribution in [0.4, 0.5) is 5.13 Å². The third-order valence-electron chi connectivity index (χ3n) is 4.63. The van der Waals surface area contributed by atoms with Crippen molar-refractivity contribution in [1.82, 2.24) is 9.71 Å². The second-order valence-electron chi connectivity index (χ2n) is 6.80. The van der Waals surface area contributed by atoms with Gasteiger partial charge in [-0.1, -0.05) is 23.5 Å². The second kappa shape index (κ2) is 7.37. The van der Waals surface area contributed by atoms with Crippen LogP contribution in [-0.4, -0.2) is 31.2 Å². The standard InChI is InChI=1S/C17H25N3O2S2/c1-12(2)24(21,22)20-14-9-7-13(8-10-14)11-18-17-19-15-5-3-4-6-16(15)23-17/h3-6,12-14,20H,7-11H2,1-2H3,(H,18,19)/t13-,14-. The van der Waals surface area contributed by atoms with E-state index >= 15 is 0 Å². The number of hydrogen-bond acceptors (Lipinski definition) is 5. The molecule has 0 radical (unpaired) electrons. The lowest BCUT2D eigenvalue weighted by atomic mass is 9.86. The van der Waals surface area contributed by atoms with Crippen molar-refractivity contribution in [2.45, 2.75) is 50.8 Å². The molecule has 1 saturated carbocycles. The molecule has 5 nitrogen and oxygen atoms in total. The number of hydrogen-bond donors (Lipinski definition) is 2. The van der Waals surface area contributed by atoms with Crippen molar-refractivity contribution >= 4 is 36.7 Å². The lowest BCUT2D eigenvalue weighted by Gasteiger charge is -2.29. The summed E-state index contributed by atoms with van der Waals surface area (Å²) in [6, 6.07) is 8.25. The van der Waals surface area contributed by atoms with Crippen molar-refractivity contribution in [2.75, 3.05) is 11.9 Å². The first kappa shape index (κ1) is 17.6. The molecule has 3 rings (SSSR count). The third kappa shape index (κ3) is 4.26. The largest absolute Gasteiger partial charge is 0.361 e. The van der Waals surface area contributed by atoms with E-state index in [1.54, 1.807) is 25.2 Å². The molecule has 0 atom stereocenters. The molecule has 132 valence electrons. The lowest BCUT2D eigenvalue weighted by Crippen LogP contribution is -2.41. The molecular formula is C17H25N3O2S2. The van der Waals surface area contributed by atoms with Gasteiger partial charge in [0.15, 0.2) is 5.13 Å². The quantitative estimate of drug-likeness (QED) is 0.818. The van der Waals surface area contributed by atoms with E-state index in [1.807, 2.05) is 18.2 Å². The van der Waals surface area contributed by atoms with Crippen LogP contribution in [0.25, 0.3) is 10.2 Å². The van der Waals surface area contributed by atoms with Crippen LogP contribution in [0.3, 0.4) is 0 Å². The maximum absolute atomic E-state index is 11.9. The molecule has 7 heteroatoms. The number of benzene rings is 1. The predicted molar refractivity (Wildman–Crippen MR) is 101 cm³/mol. The highest BCUT2D eigenvalue weighted by Crippen LogP contribution is 2.28. The molecule has 0 aliphatic heterocycles. The second-order valence-corrected chi connectivity index (χ2v) is 10.1. The van der Waals surface area contributed by atoms with Gasteiger partial charge in [-0.05, 0) is 57.6 Å². The number of para-hydroxylation sites is 1. The van der Waals surface area contributed by atoms with Gasteiger partial charge in [-0.25, -0.2) is 18.1 Å². The number of anilines is 1. The Hall–Kier alpha value is -1.18. The molecule has 1 fully saturated rings. The highest BCUT2D eigenvalue weighted by molar-refractivity contribution is 7.90. The van der Waals surface area contributed by atoms with Crippen LogP contribution < -0.4 is 10.0 Å². The monoisotopic (exact) mass is 367 g/mol. The minimum absolute atomic E-state index is 0.0936. The normalized spacial score (nSPS) is 22.1. The van der Waals surface area contributed by atoms with Gasteiger partial charge < -0.3 is 5.32 Å². The fraction of sp³-hybridized carbons (Fsp3) is 0.588. The fourth-order valence-electron chi connectivity index (χ4n) is 3.03. The van der Waals surface area contributed by atoms with Crippen molar-refractivity contribution in [3.8, 4) is 0 Å². The first-order valence-electron chi connectivity index (χ1n) is 8.54. The summed E-state index contributed by atoms with van der Waals surface area (Å²) < 4.78 is 27.9. The van der Waals surface area contributed by atoms with Crippen molar-refractivity contribution in [2.24, 2.45) is 5.92 Å². The van der Waals surface area contributed by atoms with Crippen LogP contribution in [-0.2, 0) is 10.0 Å². The smallest absolute Gasteiger partial charge is 0.214 e. The summed E-state index contributed by atoms with van der Waals surface area (Å²) in [5.74, 6) is 0.580. The van der Waals surface area contributed by atoms with Crippen molar-refractivity contribution in [3.63, 3.8) is 0 Å². The van der Waals surface area contributed by atoms with Gasteiger partial charge in [-0.3, -0.25) is 0 Å². The molecule has 2 N–H and O–H groups in total. The molecule has 1 aliphatic rings. The highest BCUT2D eigenvalue weighted by atomic mass is 32.2. The van der Waals surface area contributed by atoms with Gasteiger partial charge in [0.2, 0.25) is 10.0 Å². The molecule has 24 heavy (non-hydrogen) atoms. The SMILES string of the molecule is CC(C)S(=O)(=O)N[C@H]1CC[C@H](CNc2nc3ccccc3s2)CC1. The summed E-state index contributed by atoms with van der Waals surface area (Å²) in [5, 5.41) is 4.06. The summed E-state index contributed by atoms with van der Waals surface area (Å²) in [6.45, 7) is 4.34. The maximum atomic E-state index is 11.9. The third-order valence-corrected chi connectivity index (χ3v) is 7.53. The minimum Gasteiger partial charge on any atom is -0.361 e. The van der Waals surface area contributed by atoms with Crippen LogP contribution >= 0.6 is 11.3 Å². The first-order chi connectivity index (χ1) is 11.4. The summed E-state index contributed by atoms with van der Waals surface area (Å²) in [4.78, 5) is 4.60. The molecule has 0 unspecified atom stereocenters. The van der Waals surface area contributed by atoms with Gasteiger partial charge in [0.1, 0.15) is 0 Å². The van der Waals surface area contributed by atoms with E-state index < -0.39 is 10.0 Å². The van der Waals surface area contributed by atoms with Gasteiger partial charge in [-0.2, -0.15) is 0 Å². The van der Waals surface area contributed by atoms with Gasteiger partial charge >= 0.3 is 0 Å². The molecule has 1 heterocycles. The Morgan fingerprint density at radius 3 is 2.58 bits per heavy atom. The van der Waals surface area contributed by atoms with Crippen molar-refractivity contribution in [3.05, 3.63) is 24.3 Å². The average Bonchev–Trinajstić information content (AvgIpc) is 2.96. The zero-order valence-electron chi connectivity index (χ0n) is 14.2. The van der Waals surface area contributed by atoms with Gasteiger partial charge in [0, 0.05) is 12.6 Å². The zero-order chi connectivity index (χ0) is 17.2. The Morgan fingerprint density at radius 2 is 1.92 bits per heavy atom. The number of fused-ring (bicyclic) bond motifs is 1. The number of nitrogens with zero attached hydrogens (tertiary/aromatic N) is 1. The minimum atomic E-state index is -3.16. The van der Waals surface area contributed by atoms with E-state index in [0.717, 1.165) is 42.9 Å². The molecular weight excluding hydrogens is 342 g/mol. The predicted octanol–water partition coefficient (Wildman–Crippen LogP) is 3.59. The Bertz CT molecular complexity index is 745. The summed E-state index contributed by atoms with van der Waals surface area (Å²) in [5.41, 5.74) is 1.04. The van der Waals surface area contributed by atoms with E-state index in [1.165, 1.54) is 4.70 Å². The van der Waals surface area contributed by atoms with Gasteiger partial charge in [-0.15, -0.1) is 0 Å². The number of thiazole rings is 1. The Morgan fingerprint density at radius 1 is 1.21 bits per heavy atom. The molecule has 0 spiro atoms. The van der Waals surface area contributed by atoms with E-state index in [4.69, 9.17) is 0 Å².